The van der Waals surface area contributed by atoms with Gasteiger partial charge in [-0.15, -0.1) is 5.10 Å². The van der Waals surface area contributed by atoms with Crippen LogP contribution in [0.4, 0.5) is 11.7 Å². The number of nitrogens with zero attached hydrogens (tertiary/aromatic N) is 3. The van der Waals surface area contributed by atoms with Crippen molar-refractivity contribution < 1.29 is 18.7 Å². The number of pyridine rings is 1. The fourth-order valence-electron chi connectivity index (χ4n) is 4.09. The van der Waals surface area contributed by atoms with E-state index in [2.05, 4.69) is 25.8 Å². The Kier molecular flexibility index (Phi) is 5.39. The lowest BCUT2D eigenvalue weighted by Gasteiger charge is -2.37. The summed E-state index contributed by atoms with van der Waals surface area (Å²) in [6.45, 7) is 0.254. The van der Waals surface area contributed by atoms with Gasteiger partial charge >= 0.3 is 6.01 Å². The van der Waals surface area contributed by atoms with Gasteiger partial charge in [0.2, 0.25) is 18.2 Å². The zero-order valence-electron chi connectivity index (χ0n) is 17.2. The predicted octanol–water partition coefficient (Wildman–Crippen LogP) is 3.96. The molecule has 0 bridgehead atoms. The number of nitrogens with one attached hydrogen (secondary N) is 2. The number of halogens is 1. The van der Waals surface area contributed by atoms with Crippen LogP contribution in [-0.4, -0.2) is 33.6 Å². The smallest absolute Gasteiger partial charge is 0.322 e. The van der Waals surface area contributed by atoms with Crippen molar-refractivity contribution >= 4 is 45.9 Å². The number of aromatic nitrogens is 3. The van der Waals surface area contributed by atoms with Gasteiger partial charge in [0.25, 0.3) is 0 Å². The van der Waals surface area contributed by atoms with E-state index >= 15 is 0 Å². The van der Waals surface area contributed by atoms with Crippen LogP contribution in [0.1, 0.15) is 18.4 Å². The quantitative estimate of drug-likeness (QED) is 0.459. The molecule has 2 amide bonds. The zero-order valence-corrected chi connectivity index (χ0v) is 18.0. The first-order valence-corrected chi connectivity index (χ1v) is 10.6. The summed E-state index contributed by atoms with van der Waals surface area (Å²) in [4.78, 5) is 31.1. The molecule has 33 heavy (non-hydrogen) atoms. The number of hydrogen-bond acceptors (Lipinski definition) is 7. The first kappa shape index (κ1) is 20.9. The molecule has 2 aromatic carbocycles. The molecule has 2 aromatic heterocycles. The molecule has 10 heteroatoms. The number of rotatable bonds is 5. The van der Waals surface area contributed by atoms with Crippen molar-refractivity contribution in [3.8, 4) is 5.75 Å². The molecule has 4 aromatic rings. The first-order valence-electron chi connectivity index (χ1n) is 10.2. The first-order chi connectivity index (χ1) is 16.0. The van der Waals surface area contributed by atoms with Gasteiger partial charge in [-0.1, -0.05) is 41.0 Å². The van der Waals surface area contributed by atoms with Gasteiger partial charge in [0.15, 0.2) is 0 Å². The number of carbonyl (C=O) groups is 2. The van der Waals surface area contributed by atoms with E-state index in [1.807, 2.05) is 24.3 Å². The summed E-state index contributed by atoms with van der Waals surface area (Å²) in [7, 11) is 0. The van der Waals surface area contributed by atoms with Crippen LogP contribution in [0.3, 0.4) is 0 Å². The standard InChI is InChI=1S/C23H18ClN5O4/c24-15-5-6-19-17(9-15)23(7-8-32-19,10-20(30)28-22-29-26-13-33-22)21(31)27-18-12-25-11-14-3-1-2-4-16(14)18/h1-6,9,11-13H,7-8,10H2,(H,27,31)(H,28,29,30). The van der Waals surface area contributed by atoms with Crippen LogP contribution in [0, 0.1) is 0 Å². The van der Waals surface area contributed by atoms with Gasteiger partial charge in [-0.05, 0) is 18.2 Å². The van der Waals surface area contributed by atoms with E-state index < -0.39 is 11.3 Å². The Hall–Kier alpha value is -3.98. The fourth-order valence-corrected chi connectivity index (χ4v) is 4.27. The van der Waals surface area contributed by atoms with E-state index in [9.17, 15) is 9.59 Å². The molecule has 0 saturated heterocycles. The average Bonchev–Trinajstić information content (AvgIpc) is 3.32. The predicted molar refractivity (Wildman–Crippen MR) is 121 cm³/mol. The minimum absolute atomic E-state index is 0.0489. The van der Waals surface area contributed by atoms with E-state index in [-0.39, 0.29) is 31.4 Å². The SMILES string of the molecule is O=C(CC1(C(=O)Nc2cncc3ccccc23)CCOc2ccc(Cl)cc21)Nc1nnco1. The van der Waals surface area contributed by atoms with E-state index in [4.69, 9.17) is 20.8 Å². The normalized spacial score (nSPS) is 17.1. The molecule has 166 valence electrons. The lowest BCUT2D eigenvalue weighted by atomic mass is 9.72. The molecule has 9 nitrogen and oxygen atoms in total. The molecule has 1 atom stereocenters. The minimum Gasteiger partial charge on any atom is -0.493 e. The minimum atomic E-state index is -1.25. The van der Waals surface area contributed by atoms with Crippen LogP contribution >= 0.6 is 11.6 Å². The largest absolute Gasteiger partial charge is 0.493 e. The van der Waals surface area contributed by atoms with Gasteiger partial charge in [-0.25, -0.2) is 0 Å². The third-order valence-corrected chi connectivity index (χ3v) is 5.90. The molecule has 3 heterocycles. The molecule has 0 aliphatic carbocycles. The van der Waals surface area contributed by atoms with Crippen LogP contribution in [-0.2, 0) is 15.0 Å². The van der Waals surface area contributed by atoms with Crippen molar-refractivity contribution in [1.82, 2.24) is 15.2 Å². The van der Waals surface area contributed by atoms with Crippen molar-refractivity contribution in [3.05, 3.63) is 71.8 Å². The van der Waals surface area contributed by atoms with Gasteiger partial charge in [0.05, 0.1) is 23.9 Å². The second kappa shape index (κ2) is 8.51. The number of fused-ring (bicyclic) bond motifs is 2. The number of hydrogen-bond donors (Lipinski definition) is 2. The monoisotopic (exact) mass is 463 g/mol. The van der Waals surface area contributed by atoms with Gasteiger partial charge in [0, 0.05) is 40.4 Å². The molecule has 1 aliphatic heterocycles. The Labute approximate surface area is 193 Å². The van der Waals surface area contributed by atoms with Gasteiger partial charge < -0.3 is 14.5 Å². The Bertz CT molecular complexity index is 1340. The zero-order chi connectivity index (χ0) is 22.8. The molecule has 1 aliphatic rings. The van der Waals surface area contributed by atoms with Crippen LogP contribution in [0.15, 0.2) is 65.7 Å². The maximum absolute atomic E-state index is 13.9. The summed E-state index contributed by atoms with van der Waals surface area (Å²) in [5.41, 5.74) is -0.169. The molecule has 1 unspecified atom stereocenters. The number of carbonyl (C=O) groups excluding carboxylic acids is 2. The molecule has 0 spiro atoms. The van der Waals surface area contributed by atoms with E-state index in [1.165, 1.54) is 0 Å². The second-order valence-corrected chi connectivity index (χ2v) is 8.09. The summed E-state index contributed by atoms with van der Waals surface area (Å²) in [5, 5.41) is 14.9. The Morgan fingerprint density at radius 2 is 2.00 bits per heavy atom. The maximum Gasteiger partial charge on any atom is 0.322 e. The van der Waals surface area contributed by atoms with Crippen LogP contribution in [0.2, 0.25) is 5.02 Å². The number of amides is 2. The number of benzene rings is 2. The summed E-state index contributed by atoms with van der Waals surface area (Å²) < 4.78 is 10.8. The van der Waals surface area contributed by atoms with Gasteiger partial charge in [-0.2, -0.15) is 0 Å². The average molecular weight is 464 g/mol. The Morgan fingerprint density at radius 1 is 1.12 bits per heavy atom. The molecule has 0 saturated carbocycles. The summed E-state index contributed by atoms with van der Waals surface area (Å²) in [6, 6.07) is 12.6. The Balaban J connectivity index is 1.55. The molecular formula is C23H18ClN5O4. The van der Waals surface area contributed by atoms with Gasteiger partial charge in [-0.3, -0.25) is 19.9 Å². The lowest BCUT2D eigenvalue weighted by molar-refractivity contribution is -0.127. The van der Waals surface area contributed by atoms with Crippen molar-refractivity contribution in [2.45, 2.75) is 18.3 Å². The summed E-state index contributed by atoms with van der Waals surface area (Å²) in [5.74, 6) is -0.325. The second-order valence-electron chi connectivity index (χ2n) is 7.65. The van der Waals surface area contributed by atoms with Crippen molar-refractivity contribution in [2.24, 2.45) is 0 Å². The molecule has 0 fully saturated rings. The van der Waals surface area contributed by atoms with Crippen LogP contribution in [0.25, 0.3) is 10.8 Å². The van der Waals surface area contributed by atoms with Crippen molar-refractivity contribution in [2.75, 3.05) is 17.2 Å². The highest BCUT2D eigenvalue weighted by atomic mass is 35.5. The van der Waals surface area contributed by atoms with Crippen LogP contribution in [0.5, 0.6) is 5.75 Å². The maximum atomic E-state index is 13.9. The lowest BCUT2D eigenvalue weighted by Crippen LogP contribution is -2.46. The number of anilines is 2. The van der Waals surface area contributed by atoms with Crippen molar-refractivity contribution in [3.63, 3.8) is 0 Å². The molecule has 2 N–H and O–H groups in total. The highest BCUT2D eigenvalue weighted by Gasteiger charge is 2.46. The number of ether oxygens (including phenoxy) is 1. The molecule has 5 rings (SSSR count). The summed E-state index contributed by atoms with van der Waals surface area (Å²) in [6.07, 6.45) is 4.50. The van der Waals surface area contributed by atoms with Crippen LogP contribution < -0.4 is 15.4 Å². The molecule has 0 radical (unpaired) electrons. The highest BCUT2D eigenvalue weighted by Crippen LogP contribution is 2.44. The van der Waals surface area contributed by atoms with E-state index in [0.29, 0.717) is 22.0 Å². The summed E-state index contributed by atoms with van der Waals surface area (Å²) >= 11 is 6.27. The Morgan fingerprint density at radius 3 is 2.85 bits per heavy atom. The highest BCUT2D eigenvalue weighted by molar-refractivity contribution is 6.30. The topological polar surface area (TPSA) is 119 Å². The van der Waals surface area contributed by atoms with E-state index in [1.54, 1.807) is 30.6 Å². The van der Waals surface area contributed by atoms with Crippen molar-refractivity contribution in [1.29, 1.82) is 0 Å². The third kappa shape index (κ3) is 3.98. The fraction of sp³-hybridized carbons (Fsp3) is 0.174. The molecular weight excluding hydrogens is 446 g/mol. The van der Waals surface area contributed by atoms with E-state index in [0.717, 1.165) is 17.2 Å². The third-order valence-electron chi connectivity index (χ3n) is 5.66. The van der Waals surface area contributed by atoms with Gasteiger partial charge in [0.1, 0.15) is 5.75 Å².